The van der Waals surface area contributed by atoms with Crippen LogP contribution in [0.1, 0.15) is 30.6 Å². The summed E-state index contributed by atoms with van der Waals surface area (Å²) in [5.41, 5.74) is 0.403. The Morgan fingerprint density at radius 1 is 1.47 bits per heavy atom. The molecule has 0 N–H and O–H groups in total. The van der Waals surface area contributed by atoms with Crippen molar-refractivity contribution < 1.29 is 9.72 Å². The Bertz CT molecular complexity index is 543. The molecule has 6 heteroatoms. The first kappa shape index (κ1) is 14.0. The van der Waals surface area contributed by atoms with Crippen LogP contribution in [-0.4, -0.2) is 28.8 Å². The Hall–Kier alpha value is -1.43. The van der Waals surface area contributed by atoms with Crippen LogP contribution in [0.2, 0.25) is 0 Å². The summed E-state index contributed by atoms with van der Waals surface area (Å²) < 4.78 is 0.591. The minimum absolute atomic E-state index is 0.0648. The molecule has 0 radical (unpaired) electrons. The number of nitro groups is 1. The topological polar surface area (TPSA) is 63.5 Å². The predicted molar refractivity (Wildman–Crippen MR) is 75.1 cm³/mol. The Balaban J connectivity index is 2.29. The Morgan fingerprint density at radius 2 is 2.16 bits per heavy atom. The van der Waals surface area contributed by atoms with Gasteiger partial charge in [-0.25, -0.2) is 0 Å². The number of benzene rings is 1. The number of nitrogens with zero attached hydrogens (tertiary/aromatic N) is 2. The first-order chi connectivity index (χ1) is 8.80. The van der Waals surface area contributed by atoms with E-state index in [1.807, 2.05) is 0 Å². The van der Waals surface area contributed by atoms with Crippen molar-refractivity contribution in [3.05, 3.63) is 38.3 Å². The number of carbonyl (C=O) groups is 1. The van der Waals surface area contributed by atoms with Gasteiger partial charge in [-0.1, -0.05) is 13.8 Å². The van der Waals surface area contributed by atoms with Crippen molar-refractivity contribution in [3.8, 4) is 0 Å². The molecular weight excluding hydrogens is 312 g/mol. The summed E-state index contributed by atoms with van der Waals surface area (Å²) in [5, 5.41) is 10.8. The maximum absolute atomic E-state index is 12.4. The molecule has 0 unspecified atom stereocenters. The molecule has 1 fully saturated rings. The van der Waals surface area contributed by atoms with Crippen LogP contribution in [-0.2, 0) is 0 Å². The zero-order valence-electron chi connectivity index (χ0n) is 10.9. The van der Waals surface area contributed by atoms with E-state index in [1.54, 1.807) is 11.0 Å². The molecule has 0 atom stereocenters. The molecule has 1 amide bonds. The normalized spacial score (nSPS) is 17.5. The zero-order valence-corrected chi connectivity index (χ0v) is 12.4. The number of hydrogen-bond donors (Lipinski definition) is 0. The molecule has 0 spiro atoms. The molecule has 1 aromatic carbocycles. The largest absolute Gasteiger partial charge is 0.338 e. The second-order valence-electron chi connectivity index (χ2n) is 5.56. The van der Waals surface area contributed by atoms with Gasteiger partial charge in [0.2, 0.25) is 0 Å². The SMILES string of the molecule is CC1(C)CCN(C(=O)c2cc([N+](=O)[O-])ccc2Br)C1. The maximum atomic E-state index is 12.4. The summed E-state index contributed by atoms with van der Waals surface area (Å²) in [6, 6.07) is 4.26. The average Bonchev–Trinajstić information content (AvgIpc) is 2.69. The number of nitro benzene ring substituents is 1. The molecule has 1 aliphatic heterocycles. The lowest BCUT2D eigenvalue weighted by Gasteiger charge is -2.20. The van der Waals surface area contributed by atoms with Crippen LogP contribution >= 0.6 is 15.9 Å². The standard InChI is InChI=1S/C13H15BrN2O3/c1-13(2)5-6-15(8-13)12(17)10-7-9(16(18)19)3-4-11(10)14/h3-4,7H,5-6,8H2,1-2H3. The highest BCUT2D eigenvalue weighted by molar-refractivity contribution is 9.10. The van der Waals surface area contributed by atoms with Gasteiger partial charge in [0.15, 0.2) is 0 Å². The third-order valence-electron chi connectivity index (χ3n) is 3.36. The fraction of sp³-hybridized carbons (Fsp3) is 0.462. The van der Waals surface area contributed by atoms with E-state index in [-0.39, 0.29) is 17.0 Å². The summed E-state index contributed by atoms with van der Waals surface area (Å²) >= 11 is 3.29. The molecule has 0 bridgehead atoms. The molecule has 102 valence electrons. The molecule has 0 saturated carbocycles. The average molecular weight is 327 g/mol. The quantitative estimate of drug-likeness (QED) is 0.619. The number of rotatable bonds is 2. The first-order valence-electron chi connectivity index (χ1n) is 6.03. The number of amides is 1. The molecule has 1 aromatic rings. The van der Waals surface area contributed by atoms with Crippen LogP contribution in [0.25, 0.3) is 0 Å². The van der Waals surface area contributed by atoms with Gasteiger partial charge in [0.25, 0.3) is 11.6 Å². The molecule has 2 rings (SSSR count). The number of likely N-dealkylation sites (tertiary alicyclic amines) is 1. The van der Waals surface area contributed by atoms with Crippen molar-refractivity contribution in [3.63, 3.8) is 0 Å². The second kappa shape index (κ2) is 4.92. The Morgan fingerprint density at radius 3 is 2.68 bits per heavy atom. The number of carbonyl (C=O) groups excluding carboxylic acids is 1. The van der Waals surface area contributed by atoms with Gasteiger partial charge in [-0.05, 0) is 33.8 Å². The van der Waals surface area contributed by atoms with Gasteiger partial charge in [-0.2, -0.15) is 0 Å². The molecule has 19 heavy (non-hydrogen) atoms. The van der Waals surface area contributed by atoms with Crippen LogP contribution in [0.4, 0.5) is 5.69 Å². The molecule has 0 aliphatic carbocycles. The minimum Gasteiger partial charge on any atom is -0.338 e. The van der Waals surface area contributed by atoms with Crippen molar-refractivity contribution >= 4 is 27.5 Å². The third kappa shape index (κ3) is 2.94. The molecule has 1 saturated heterocycles. The number of non-ortho nitro benzene ring substituents is 1. The second-order valence-corrected chi connectivity index (χ2v) is 6.42. The van der Waals surface area contributed by atoms with Crippen molar-refractivity contribution in [2.75, 3.05) is 13.1 Å². The highest BCUT2D eigenvalue weighted by atomic mass is 79.9. The van der Waals surface area contributed by atoms with Crippen molar-refractivity contribution in [2.24, 2.45) is 5.41 Å². The van der Waals surface area contributed by atoms with Gasteiger partial charge < -0.3 is 4.90 Å². The van der Waals surface area contributed by atoms with Crippen LogP contribution in [0.15, 0.2) is 22.7 Å². The van der Waals surface area contributed by atoms with Crippen LogP contribution in [0, 0.1) is 15.5 Å². The van der Waals surface area contributed by atoms with Gasteiger partial charge in [-0.15, -0.1) is 0 Å². The van der Waals surface area contributed by atoms with E-state index in [2.05, 4.69) is 29.8 Å². The lowest BCUT2D eigenvalue weighted by Crippen LogP contribution is -2.30. The van der Waals surface area contributed by atoms with E-state index in [1.165, 1.54) is 12.1 Å². The highest BCUT2D eigenvalue weighted by Crippen LogP contribution is 2.31. The Labute approximate surface area is 119 Å². The smallest absolute Gasteiger partial charge is 0.270 e. The van der Waals surface area contributed by atoms with Crippen molar-refractivity contribution in [1.29, 1.82) is 0 Å². The minimum atomic E-state index is -0.489. The molecular formula is C13H15BrN2O3. The van der Waals surface area contributed by atoms with Gasteiger partial charge in [0.05, 0.1) is 10.5 Å². The molecule has 1 aliphatic rings. The number of hydrogen-bond acceptors (Lipinski definition) is 3. The van der Waals surface area contributed by atoms with Crippen LogP contribution in [0.5, 0.6) is 0 Å². The predicted octanol–water partition coefficient (Wildman–Crippen LogP) is 3.23. The maximum Gasteiger partial charge on any atom is 0.270 e. The molecule has 1 heterocycles. The summed E-state index contributed by atoms with van der Waals surface area (Å²) in [7, 11) is 0. The van der Waals surface area contributed by atoms with Gasteiger partial charge in [-0.3, -0.25) is 14.9 Å². The summed E-state index contributed by atoms with van der Waals surface area (Å²) in [6.07, 6.45) is 0.950. The third-order valence-corrected chi connectivity index (χ3v) is 4.05. The van der Waals surface area contributed by atoms with Gasteiger partial charge in [0.1, 0.15) is 0 Å². The van der Waals surface area contributed by atoms with E-state index in [0.29, 0.717) is 23.1 Å². The highest BCUT2D eigenvalue weighted by Gasteiger charge is 2.33. The van der Waals surface area contributed by atoms with E-state index in [4.69, 9.17) is 0 Å². The Kier molecular flexibility index (Phi) is 3.62. The number of halogens is 1. The monoisotopic (exact) mass is 326 g/mol. The molecule has 5 nitrogen and oxygen atoms in total. The van der Waals surface area contributed by atoms with Crippen molar-refractivity contribution in [1.82, 2.24) is 4.90 Å². The lowest BCUT2D eigenvalue weighted by molar-refractivity contribution is -0.384. The van der Waals surface area contributed by atoms with Gasteiger partial charge >= 0.3 is 0 Å². The summed E-state index contributed by atoms with van der Waals surface area (Å²) in [5.74, 6) is -0.152. The van der Waals surface area contributed by atoms with Gasteiger partial charge in [0, 0.05) is 29.7 Å². The zero-order chi connectivity index (χ0) is 14.2. The fourth-order valence-electron chi connectivity index (χ4n) is 2.25. The first-order valence-corrected chi connectivity index (χ1v) is 6.83. The van der Waals surface area contributed by atoms with Crippen molar-refractivity contribution in [2.45, 2.75) is 20.3 Å². The van der Waals surface area contributed by atoms with E-state index >= 15 is 0 Å². The van der Waals surface area contributed by atoms with E-state index < -0.39 is 4.92 Å². The van der Waals surface area contributed by atoms with E-state index in [0.717, 1.165) is 6.42 Å². The van der Waals surface area contributed by atoms with Crippen LogP contribution in [0.3, 0.4) is 0 Å². The summed E-state index contributed by atoms with van der Waals surface area (Å²) in [4.78, 5) is 24.4. The molecule has 0 aromatic heterocycles. The summed E-state index contributed by atoms with van der Waals surface area (Å²) in [6.45, 7) is 5.60. The fourth-order valence-corrected chi connectivity index (χ4v) is 2.66. The van der Waals surface area contributed by atoms with Crippen LogP contribution < -0.4 is 0 Å². The lowest BCUT2D eigenvalue weighted by atomic mass is 9.93. The van der Waals surface area contributed by atoms with E-state index in [9.17, 15) is 14.9 Å².